The van der Waals surface area contributed by atoms with Gasteiger partial charge >= 0.3 is 6.61 Å². The third-order valence-corrected chi connectivity index (χ3v) is 6.51. The average molecular weight is 490 g/mol. The highest BCUT2D eigenvalue weighted by atomic mass is 19.3. The van der Waals surface area contributed by atoms with Crippen LogP contribution in [0.5, 0.6) is 11.5 Å². The van der Waals surface area contributed by atoms with Gasteiger partial charge in [-0.1, -0.05) is 5.16 Å². The molecule has 2 fully saturated rings. The Hall–Kier alpha value is -3.27. The molecule has 5 rings (SSSR count). The number of piperidine rings is 1. The molecule has 1 unspecified atom stereocenters. The number of halogens is 3. The normalized spacial score (nSPS) is 22.4. The summed E-state index contributed by atoms with van der Waals surface area (Å²) < 4.78 is 55.4. The van der Waals surface area contributed by atoms with Crippen molar-refractivity contribution >= 4 is 11.6 Å². The SMILES string of the molecule is O=C(c1ccc(F)cc1)N1CCC(Oc2cc(C3=NOC4(CCOC4)C3)ccc2OC(F)F)CC1. The maximum atomic E-state index is 13.1. The Morgan fingerprint density at radius 2 is 1.89 bits per heavy atom. The Labute approximate surface area is 200 Å². The van der Waals surface area contributed by atoms with Crippen LogP contribution < -0.4 is 9.47 Å². The Kier molecular flexibility index (Phi) is 6.55. The predicted octanol–water partition coefficient (Wildman–Crippen LogP) is 4.39. The van der Waals surface area contributed by atoms with E-state index >= 15 is 0 Å². The molecule has 1 atom stereocenters. The highest BCUT2D eigenvalue weighted by Crippen LogP contribution is 2.37. The summed E-state index contributed by atoms with van der Waals surface area (Å²) in [6.07, 6.45) is 2.03. The summed E-state index contributed by atoms with van der Waals surface area (Å²) in [5.74, 6) is -0.458. The van der Waals surface area contributed by atoms with Crippen LogP contribution in [0.4, 0.5) is 13.2 Å². The van der Waals surface area contributed by atoms with Crippen molar-refractivity contribution in [3.63, 3.8) is 0 Å². The van der Waals surface area contributed by atoms with Gasteiger partial charge in [0.2, 0.25) is 0 Å². The quantitative estimate of drug-likeness (QED) is 0.601. The van der Waals surface area contributed by atoms with Gasteiger partial charge in [-0.3, -0.25) is 4.79 Å². The van der Waals surface area contributed by atoms with Gasteiger partial charge in [0, 0.05) is 49.9 Å². The predicted molar refractivity (Wildman–Crippen MR) is 119 cm³/mol. The van der Waals surface area contributed by atoms with E-state index in [4.69, 9.17) is 14.3 Å². The van der Waals surface area contributed by atoms with Crippen molar-refractivity contribution in [3.8, 4) is 11.5 Å². The fraction of sp³-hybridized carbons (Fsp3) is 0.440. The van der Waals surface area contributed by atoms with Gasteiger partial charge in [0.05, 0.1) is 18.9 Å². The summed E-state index contributed by atoms with van der Waals surface area (Å²) >= 11 is 0. The Morgan fingerprint density at radius 1 is 1.11 bits per heavy atom. The lowest BCUT2D eigenvalue weighted by Gasteiger charge is -2.32. The molecule has 0 radical (unpaired) electrons. The van der Waals surface area contributed by atoms with Gasteiger partial charge in [-0.05, 0) is 42.5 Å². The Balaban J connectivity index is 1.26. The molecule has 7 nitrogen and oxygen atoms in total. The molecular weight excluding hydrogens is 465 g/mol. The topological polar surface area (TPSA) is 69.6 Å². The van der Waals surface area contributed by atoms with Gasteiger partial charge in [-0.15, -0.1) is 0 Å². The number of carbonyl (C=O) groups excluding carboxylic acids is 1. The largest absolute Gasteiger partial charge is 0.486 e. The van der Waals surface area contributed by atoms with E-state index < -0.39 is 18.0 Å². The molecule has 2 saturated heterocycles. The van der Waals surface area contributed by atoms with Gasteiger partial charge in [0.15, 0.2) is 17.1 Å². The molecule has 0 bridgehead atoms. The summed E-state index contributed by atoms with van der Waals surface area (Å²) in [6.45, 7) is -1.07. The lowest BCUT2D eigenvalue weighted by molar-refractivity contribution is -0.0524. The van der Waals surface area contributed by atoms with E-state index in [1.807, 2.05) is 0 Å². The van der Waals surface area contributed by atoms with Crippen molar-refractivity contribution < 1.29 is 37.0 Å². The van der Waals surface area contributed by atoms with Crippen LogP contribution in [0.25, 0.3) is 0 Å². The number of hydrogen-bond acceptors (Lipinski definition) is 6. The first kappa shape index (κ1) is 23.5. The first-order valence-corrected chi connectivity index (χ1v) is 11.5. The Morgan fingerprint density at radius 3 is 2.57 bits per heavy atom. The molecule has 3 aliphatic rings. The third kappa shape index (κ3) is 5.22. The summed E-state index contributed by atoms with van der Waals surface area (Å²) in [6, 6.07) is 10.2. The van der Waals surface area contributed by atoms with Crippen LogP contribution in [-0.2, 0) is 9.57 Å². The van der Waals surface area contributed by atoms with Gasteiger partial charge in [0.1, 0.15) is 11.9 Å². The smallest absolute Gasteiger partial charge is 0.387 e. The summed E-state index contributed by atoms with van der Waals surface area (Å²) in [5.41, 5.74) is 1.35. The minimum absolute atomic E-state index is 0.0630. The number of carbonyl (C=O) groups is 1. The lowest BCUT2D eigenvalue weighted by Crippen LogP contribution is -2.41. The minimum Gasteiger partial charge on any atom is -0.486 e. The molecule has 0 N–H and O–H groups in total. The number of amides is 1. The summed E-state index contributed by atoms with van der Waals surface area (Å²) in [4.78, 5) is 20.0. The molecule has 1 amide bonds. The molecule has 2 aromatic carbocycles. The van der Waals surface area contributed by atoms with Gasteiger partial charge in [0.25, 0.3) is 5.91 Å². The zero-order valence-electron chi connectivity index (χ0n) is 18.9. The zero-order chi connectivity index (χ0) is 24.4. The van der Waals surface area contributed by atoms with Gasteiger partial charge < -0.3 is 23.9 Å². The zero-order valence-corrected chi connectivity index (χ0v) is 18.9. The number of hydrogen-bond donors (Lipinski definition) is 0. The second-order valence-electron chi connectivity index (χ2n) is 8.95. The van der Waals surface area contributed by atoms with Crippen molar-refractivity contribution in [2.45, 2.75) is 44.0 Å². The number of nitrogens with zero attached hydrogens (tertiary/aromatic N) is 2. The third-order valence-electron chi connectivity index (χ3n) is 6.51. The molecule has 35 heavy (non-hydrogen) atoms. The van der Waals surface area contributed by atoms with E-state index in [1.54, 1.807) is 17.0 Å². The minimum atomic E-state index is -3.00. The van der Waals surface area contributed by atoms with Crippen LogP contribution in [-0.4, -0.2) is 61.1 Å². The average Bonchev–Trinajstić information content (AvgIpc) is 3.50. The van der Waals surface area contributed by atoms with Crippen molar-refractivity contribution in [2.75, 3.05) is 26.3 Å². The monoisotopic (exact) mass is 490 g/mol. The van der Waals surface area contributed by atoms with Crippen LogP contribution in [0.15, 0.2) is 47.6 Å². The first-order valence-electron chi connectivity index (χ1n) is 11.5. The van der Waals surface area contributed by atoms with E-state index in [2.05, 4.69) is 9.89 Å². The second-order valence-corrected chi connectivity index (χ2v) is 8.95. The summed E-state index contributed by atoms with van der Waals surface area (Å²) in [7, 11) is 0. The highest BCUT2D eigenvalue weighted by molar-refractivity contribution is 6.02. The van der Waals surface area contributed by atoms with E-state index in [1.165, 1.54) is 30.3 Å². The molecule has 0 saturated carbocycles. The summed E-state index contributed by atoms with van der Waals surface area (Å²) in [5, 5.41) is 4.21. The molecule has 1 spiro atoms. The van der Waals surface area contributed by atoms with Gasteiger partial charge in [-0.2, -0.15) is 8.78 Å². The van der Waals surface area contributed by atoms with Crippen molar-refractivity contribution in [1.82, 2.24) is 4.90 Å². The number of oxime groups is 1. The van der Waals surface area contributed by atoms with Crippen molar-refractivity contribution in [3.05, 3.63) is 59.4 Å². The molecule has 10 heteroatoms. The first-order chi connectivity index (χ1) is 16.9. The molecule has 0 aliphatic carbocycles. The number of likely N-dealkylation sites (tertiary alicyclic amines) is 1. The van der Waals surface area contributed by atoms with Crippen LogP contribution >= 0.6 is 0 Å². The Bertz CT molecular complexity index is 1090. The van der Waals surface area contributed by atoms with Crippen LogP contribution in [0, 0.1) is 5.82 Å². The molecular formula is C25H25F3N2O5. The highest BCUT2D eigenvalue weighted by Gasteiger charge is 2.43. The number of alkyl halides is 2. The fourth-order valence-electron chi connectivity index (χ4n) is 4.58. The molecule has 3 aliphatic heterocycles. The van der Waals surface area contributed by atoms with Crippen LogP contribution in [0.1, 0.15) is 41.6 Å². The maximum Gasteiger partial charge on any atom is 0.387 e. The maximum absolute atomic E-state index is 13.1. The second kappa shape index (κ2) is 9.77. The fourth-order valence-corrected chi connectivity index (χ4v) is 4.58. The van der Waals surface area contributed by atoms with E-state index in [-0.39, 0.29) is 23.5 Å². The van der Waals surface area contributed by atoms with Crippen molar-refractivity contribution in [2.24, 2.45) is 5.16 Å². The molecule has 0 aromatic heterocycles. The number of rotatable bonds is 6. The van der Waals surface area contributed by atoms with E-state index in [0.29, 0.717) is 62.4 Å². The number of benzene rings is 2. The molecule has 2 aromatic rings. The lowest BCUT2D eigenvalue weighted by atomic mass is 9.93. The molecule has 186 valence electrons. The van der Waals surface area contributed by atoms with Crippen LogP contribution in [0.3, 0.4) is 0 Å². The van der Waals surface area contributed by atoms with E-state index in [9.17, 15) is 18.0 Å². The standard InChI is InChI=1S/C25H25F3N2O5/c26-18-4-1-16(2-5-18)23(31)30-10-7-19(8-11-30)33-22-13-17(3-6-21(22)34-24(27)28)20-14-25(35-29-20)9-12-32-15-25/h1-6,13,19,24H,7-12,14-15H2. The number of ether oxygens (including phenoxy) is 3. The molecule has 3 heterocycles. The van der Waals surface area contributed by atoms with Gasteiger partial charge in [-0.25, -0.2) is 4.39 Å². The van der Waals surface area contributed by atoms with Crippen LogP contribution in [0.2, 0.25) is 0 Å². The van der Waals surface area contributed by atoms with E-state index in [0.717, 1.165) is 6.42 Å². The van der Waals surface area contributed by atoms with Crippen molar-refractivity contribution in [1.29, 1.82) is 0 Å².